The fraction of sp³-hybridized carbons (Fsp3) is 1.00. The van der Waals surface area contributed by atoms with Gasteiger partial charge in [-0.3, -0.25) is 0 Å². The second-order valence-corrected chi connectivity index (χ2v) is 5.07. The van der Waals surface area contributed by atoms with Crippen molar-refractivity contribution >= 4 is 0 Å². The van der Waals surface area contributed by atoms with E-state index in [2.05, 4.69) is 19.2 Å². The van der Waals surface area contributed by atoms with Crippen LogP contribution >= 0.6 is 0 Å². The summed E-state index contributed by atoms with van der Waals surface area (Å²) in [7, 11) is 1.81. The van der Waals surface area contributed by atoms with Crippen LogP contribution in [0, 0.1) is 5.41 Å². The summed E-state index contributed by atoms with van der Waals surface area (Å²) in [5, 5.41) is 3.70. The monoisotopic (exact) mass is 183 g/mol. The Balaban J connectivity index is 1.68. The van der Waals surface area contributed by atoms with E-state index in [0.717, 1.165) is 6.04 Å². The van der Waals surface area contributed by atoms with E-state index in [1.165, 1.54) is 25.7 Å². The molecule has 0 bridgehead atoms. The molecule has 2 aliphatic rings. The van der Waals surface area contributed by atoms with Crippen molar-refractivity contribution < 1.29 is 4.74 Å². The van der Waals surface area contributed by atoms with Crippen molar-refractivity contribution in [2.75, 3.05) is 7.11 Å². The Bertz CT molecular complexity index is 183. The van der Waals surface area contributed by atoms with E-state index in [9.17, 15) is 0 Å². The molecular formula is C11H21NO. The molecule has 2 saturated carbocycles. The van der Waals surface area contributed by atoms with Gasteiger partial charge in [-0.25, -0.2) is 0 Å². The van der Waals surface area contributed by atoms with Crippen LogP contribution in [0.15, 0.2) is 0 Å². The van der Waals surface area contributed by atoms with E-state index in [0.29, 0.717) is 17.6 Å². The molecule has 0 aromatic rings. The van der Waals surface area contributed by atoms with Gasteiger partial charge in [-0.1, -0.05) is 6.92 Å². The standard InChI is InChI=1S/C11H21NO/c1-8(11(2)4-5-11)12-9-6-10(7-9)13-3/h8-10,12H,4-7H2,1-3H3. The van der Waals surface area contributed by atoms with Crippen molar-refractivity contribution in [1.29, 1.82) is 0 Å². The zero-order valence-electron chi connectivity index (χ0n) is 8.97. The Hall–Kier alpha value is -0.0800. The molecule has 13 heavy (non-hydrogen) atoms. The first-order chi connectivity index (χ1) is 6.14. The SMILES string of the molecule is COC1CC(NC(C)C2(C)CC2)C1. The lowest BCUT2D eigenvalue weighted by Gasteiger charge is -2.38. The minimum absolute atomic E-state index is 0.525. The van der Waals surface area contributed by atoms with Crippen molar-refractivity contribution in [2.24, 2.45) is 5.41 Å². The molecule has 76 valence electrons. The van der Waals surface area contributed by atoms with Gasteiger partial charge in [0.1, 0.15) is 0 Å². The lowest BCUT2D eigenvalue weighted by molar-refractivity contribution is 0.0123. The van der Waals surface area contributed by atoms with Gasteiger partial charge in [0, 0.05) is 19.2 Å². The molecule has 0 spiro atoms. The van der Waals surface area contributed by atoms with Crippen molar-refractivity contribution in [3.63, 3.8) is 0 Å². The van der Waals surface area contributed by atoms with Gasteiger partial charge < -0.3 is 10.1 Å². The Morgan fingerprint density at radius 3 is 2.46 bits per heavy atom. The lowest BCUT2D eigenvalue weighted by Crippen LogP contribution is -2.50. The highest BCUT2D eigenvalue weighted by Crippen LogP contribution is 2.48. The molecule has 1 unspecified atom stereocenters. The maximum atomic E-state index is 5.26. The molecule has 0 aromatic carbocycles. The highest BCUT2D eigenvalue weighted by molar-refractivity contribution is 4.99. The average Bonchev–Trinajstić information content (AvgIpc) is 2.76. The summed E-state index contributed by atoms with van der Waals surface area (Å²) in [4.78, 5) is 0. The summed E-state index contributed by atoms with van der Waals surface area (Å²) in [6, 6.07) is 1.41. The van der Waals surface area contributed by atoms with Crippen LogP contribution < -0.4 is 5.32 Å². The van der Waals surface area contributed by atoms with Crippen LogP contribution in [0.2, 0.25) is 0 Å². The largest absolute Gasteiger partial charge is 0.381 e. The quantitative estimate of drug-likeness (QED) is 0.719. The molecule has 2 heteroatoms. The molecule has 2 nitrogen and oxygen atoms in total. The summed E-state index contributed by atoms with van der Waals surface area (Å²) in [5.41, 5.74) is 0.609. The molecule has 2 aliphatic carbocycles. The fourth-order valence-electron chi connectivity index (χ4n) is 2.08. The predicted octanol–water partition coefficient (Wildman–Crippen LogP) is 1.94. The van der Waals surface area contributed by atoms with Crippen molar-refractivity contribution in [3.8, 4) is 0 Å². The first-order valence-corrected chi connectivity index (χ1v) is 5.43. The maximum Gasteiger partial charge on any atom is 0.0601 e. The highest BCUT2D eigenvalue weighted by Gasteiger charge is 2.44. The van der Waals surface area contributed by atoms with E-state index < -0.39 is 0 Å². The van der Waals surface area contributed by atoms with Gasteiger partial charge in [-0.2, -0.15) is 0 Å². The number of hydrogen-bond donors (Lipinski definition) is 1. The van der Waals surface area contributed by atoms with E-state index >= 15 is 0 Å². The van der Waals surface area contributed by atoms with Crippen LogP contribution in [-0.4, -0.2) is 25.3 Å². The van der Waals surface area contributed by atoms with Crippen molar-refractivity contribution in [3.05, 3.63) is 0 Å². The molecule has 0 amide bonds. The summed E-state index contributed by atoms with van der Waals surface area (Å²) in [5.74, 6) is 0. The van der Waals surface area contributed by atoms with Gasteiger partial charge in [0.2, 0.25) is 0 Å². The number of rotatable bonds is 4. The van der Waals surface area contributed by atoms with Crippen LogP contribution in [0.25, 0.3) is 0 Å². The molecule has 1 N–H and O–H groups in total. The second kappa shape index (κ2) is 3.25. The van der Waals surface area contributed by atoms with Crippen LogP contribution in [0.1, 0.15) is 39.5 Å². The van der Waals surface area contributed by atoms with E-state index in [1.807, 2.05) is 7.11 Å². The third-order valence-corrected chi connectivity index (χ3v) is 4.00. The van der Waals surface area contributed by atoms with Crippen molar-refractivity contribution in [2.45, 2.75) is 57.7 Å². The zero-order chi connectivity index (χ0) is 9.47. The van der Waals surface area contributed by atoms with Gasteiger partial charge in [0.15, 0.2) is 0 Å². The second-order valence-electron chi connectivity index (χ2n) is 5.07. The van der Waals surface area contributed by atoms with E-state index in [-0.39, 0.29) is 0 Å². The first kappa shape index (κ1) is 9.47. The lowest BCUT2D eigenvalue weighted by atomic mass is 9.87. The molecule has 0 aromatic heterocycles. The molecule has 0 aliphatic heterocycles. The Morgan fingerprint density at radius 2 is 2.00 bits per heavy atom. The van der Waals surface area contributed by atoms with Gasteiger partial charge in [-0.05, 0) is 38.0 Å². The van der Waals surface area contributed by atoms with Crippen LogP contribution in [0.3, 0.4) is 0 Å². The number of ether oxygens (including phenoxy) is 1. The number of methoxy groups -OCH3 is 1. The van der Waals surface area contributed by atoms with Gasteiger partial charge >= 0.3 is 0 Å². The zero-order valence-corrected chi connectivity index (χ0v) is 8.97. The van der Waals surface area contributed by atoms with Gasteiger partial charge in [0.25, 0.3) is 0 Å². The normalized spacial score (nSPS) is 38.1. The smallest absolute Gasteiger partial charge is 0.0601 e. The average molecular weight is 183 g/mol. The Labute approximate surface area is 81.0 Å². The van der Waals surface area contributed by atoms with E-state index in [1.54, 1.807) is 0 Å². The maximum absolute atomic E-state index is 5.26. The molecule has 2 rings (SSSR count). The summed E-state index contributed by atoms with van der Waals surface area (Å²) < 4.78 is 5.26. The first-order valence-electron chi connectivity index (χ1n) is 5.43. The molecular weight excluding hydrogens is 162 g/mol. The van der Waals surface area contributed by atoms with Gasteiger partial charge in [0.05, 0.1) is 6.10 Å². The topological polar surface area (TPSA) is 21.3 Å². The molecule has 0 radical (unpaired) electrons. The van der Waals surface area contributed by atoms with Gasteiger partial charge in [-0.15, -0.1) is 0 Å². The fourth-order valence-corrected chi connectivity index (χ4v) is 2.08. The molecule has 1 atom stereocenters. The van der Waals surface area contributed by atoms with Crippen LogP contribution in [0.4, 0.5) is 0 Å². The minimum atomic E-state index is 0.525. The summed E-state index contributed by atoms with van der Waals surface area (Å²) in [6.45, 7) is 4.71. The number of nitrogens with one attached hydrogen (secondary N) is 1. The summed E-state index contributed by atoms with van der Waals surface area (Å²) in [6.07, 6.45) is 5.74. The molecule has 0 saturated heterocycles. The van der Waals surface area contributed by atoms with Crippen LogP contribution in [0.5, 0.6) is 0 Å². The van der Waals surface area contributed by atoms with E-state index in [4.69, 9.17) is 4.74 Å². The third kappa shape index (κ3) is 1.89. The third-order valence-electron chi connectivity index (χ3n) is 4.00. The minimum Gasteiger partial charge on any atom is -0.381 e. The molecule has 0 heterocycles. The van der Waals surface area contributed by atoms with Crippen LogP contribution in [-0.2, 0) is 4.74 Å². The highest BCUT2D eigenvalue weighted by atomic mass is 16.5. The Kier molecular flexibility index (Phi) is 2.37. The predicted molar refractivity (Wildman–Crippen MR) is 53.8 cm³/mol. The Morgan fingerprint density at radius 1 is 1.38 bits per heavy atom. The molecule has 2 fully saturated rings. The van der Waals surface area contributed by atoms with Crippen molar-refractivity contribution in [1.82, 2.24) is 5.32 Å². The summed E-state index contributed by atoms with van der Waals surface area (Å²) >= 11 is 0. The number of hydrogen-bond acceptors (Lipinski definition) is 2.